The molecule has 6 nitrogen and oxygen atoms in total. The average molecular weight is 548 g/mol. The number of likely N-dealkylation sites (N-methyl/N-ethyl adjacent to an activating group) is 1. The van der Waals surface area contributed by atoms with E-state index in [0.29, 0.717) is 11.1 Å². The number of anilines is 1. The SMILES string of the molecule is CC(NC1CCC1)c1cc2c(c(C(F)(F)F)c1)CN(c1cccc(C3(C(=N)N(C)C=N)CC(F)(F)C3)c1)C2=O. The van der Waals surface area contributed by atoms with E-state index in [0.717, 1.165) is 36.6 Å². The van der Waals surface area contributed by atoms with Crippen molar-refractivity contribution in [3.05, 3.63) is 64.2 Å². The molecule has 2 aromatic carbocycles. The summed E-state index contributed by atoms with van der Waals surface area (Å²) in [7, 11) is 1.43. The van der Waals surface area contributed by atoms with Crippen LogP contribution in [0.2, 0.25) is 0 Å². The monoisotopic (exact) mass is 547 g/mol. The third kappa shape index (κ3) is 4.70. The summed E-state index contributed by atoms with van der Waals surface area (Å²) < 4.78 is 70.7. The molecule has 1 amide bonds. The van der Waals surface area contributed by atoms with E-state index in [1.165, 1.54) is 24.1 Å². The number of halogens is 5. The van der Waals surface area contributed by atoms with E-state index < -0.39 is 41.8 Å². The summed E-state index contributed by atoms with van der Waals surface area (Å²) in [6, 6.07) is 8.69. The fourth-order valence-corrected chi connectivity index (χ4v) is 5.88. The van der Waals surface area contributed by atoms with Crippen LogP contribution in [0.5, 0.6) is 0 Å². The van der Waals surface area contributed by atoms with Crippen LogP contribution in [0.4, 0.5) is 27.6 Å². The van der Waals surface area contributed by atoms with Crippen molar-refractivity contribution < 1.29 is 26.7 Å². The lowest BCUT2D eigenvalue weighted by atomic mass is 9.61. The summed E-state index contributed by atoms with van der Waals surface area (Å²) in [5.74, 6) is -3.77. The highest BCUT2D eigenvalue weighted by atomic mass is 19.4. The molecule has 3 aliphatic rings. The first-order valence-electron chi connectivity index (χ1n) is 12.9. The van der Waals surface area contributed by atoms with E-state index in [1.54, 1.807) is 25.1 Å². The molecule has 208 valence electrons. The zero-order valence-corrected chi connectivity index (χ0v) is 21.6. The molecule has 2 aliphatic carbocycles. The van der Waals surface area contributed by atoms with Crippen molar-refractivity contribution in [2.24, 2.45) is 0 Å². The van der Waals surface area contributed by atoms with Gasteiger partial charge in [0.05, 0.1) is 23.9 Å². The summed E-state index contributed by atoms with van der Waals surface area (Å²) in [5.41, 5.74) is -1.36. The topological polar surface area (TPSA) is 83.3 Å². The number of nitrogens with zero attached hydrogens (tertiary/aromatic N) is 2. The number of rotatable bonds is 7. The Labute approximate surface area is 223 Å². The molecule has 2 fully saturated rings. The molecule has 1 atom stereocenters. The molecule has 1 aliphatic heterocycles. The van der Waals surface area contributed by atoms with Gasteiger partial charge in [-0.1, -0.05) is 18.6 Å². The summed E-state index contributed by atoms with van der Waals surface area (Å²) in [6.07, 6.45) is -2.07. The number of fused-ring (bicyclic) bond motifs is 1. The number of amidine groups is 1. The van der Waals surface area contributed by atoms with Gasteiger partial charge >= 0.3 is 6.18 Å². The minimum absolute atomic E-state index is 0.0198. The van der Waals surface area contributed by atoms with Crippen LogP contribution in [-0.4, -0.2) is 42.0 Å². The van der Waals surface area contributed by atoms with Crippen LogP contribution < -0.4 is 10.2 Å². The summed E-state index contributed by atoms with van der Waals surface area (Å²) in [4.78, 5) is 15.9. The molecule has 2 saturated carbocycles. The number of hydrogen-bond donors (Lipinski definition) is 3. The van der Waals surface area contributed by atoms with Gasteiger partial charge in [-0.05, 0) is 60.7 Å². The largest absolute Gasteiger partial charge is 0.416 e. The van der Waals surface area contributed by atoms with Crippen molar-refractivity contribution in [2.75, 3.05) is 11.9 Å². The second-order valence-corrected chi connectivity index (χ2v) is 10.9. The van der Waals surface area contributed by atoms with Gasteiger partial charge in [0.1, 0.15) is 5.84 Å². The van der Waals surface area contributed by atoms with Crippen LogP contribution in [0, 0.1) is 10.8 Å². The van der Waals surface area contributed by atoms with E-state index in [-0.39, 0.29) is 41.3 Å². The molecule has 0 spiro atoms. The summed E-state index contributed by atoms with van der Waals surface area (Å²) >= 11 is 0. The number of hydrogen-bond acceptors (Lipinski definition) is 4. The second kappa shape index (κ2) is 9.39. The highest BCUT2D eigenvalue weighted by molar-refractivity contribution is 6.10. The number of alkyl halides is 5. The Morgan fingerprint density at radius 2 is 1.90 bits per heavy atom. The van der Waals surface area contributed by atoms with Crippen molar-refractivity contribution in [3.8, 4) is 0 Å². The summed E-state index contributed by atoms with van der Waals surface area (Å²) in [6.45, 7) is 1.48. The van der Waals surface area contributed by atoms with E-state index in [4.69, 9.17) is 10.8 Å². The molecule has 0 aromatic heterocycles. The van der Waals surface area contributed by atoms with Crippen LogP contribution in [0.3, 0.4) is 0 Å². The Morgan fingerprint density at radius 1 is 1.21 bits per heavy atom. The molecular weight excluding hydrogens is 517 g/mol. The highest BCUT2D eigenvalue weighted by Crippen LogP contribution is 2.55. The molecular formula is C28H30F5N5O. The third-order valence-corrected chi connectivity index (χ3v) is 8.29. The van der Waals surface area contributed by atoms with Gasteiger partial charge in [0.15, 0.2) is 0 Å². The highest BCUT2D eigenvalue weighted by Gasteiger charge is 2.60. The van der Waals surface area contributed by atoms with Crippen molar-refractivity contribution in [1.82, 2.24) is 10.2 Å². The van der Waals surface area contributed by atoms with Gasteiger partial charge in [0.25, 0.3) is 11.8 Å². The number of carbonyl (C=O) groups excluding carboxylic acids is 1. The van der Waals surface area contributed by atoms with Gasteiger partial charge in [-0.25, -0.2) is 8.78 Å². The van der Waals surface area contributed by atoms with Crippen LogP contribution in [0.1, 0.15) is 77.7 Å². The van der Waals surface area contributed by atoms with Gasteiger partial charge in [-0.15, -0.1) is 0 Å². The minimum Gasteiger partial charge on any atom is -0.324 e. The molecule has 2 aromatic rings. The maximum atomic E-state index is 14.2. The van der Waals surface area contributed by atoms with Crippen LogP contribution in [0.15, 0.2) is 36.4 Å². The van der Waals surface area contributed by atoms with Crippen molar-refractivity contribution in [3.63, 3.8) is 0 Å². The van der Waals surface area contributed by atoms with Crippen molar-refractivity contribution in [2.45, 2.75) is 75.2 Å². The van der Waals surface area contributed by atoms with Gasteiger partial charge in [-0.2, -0.15) is 13.2 Å². The van der Waals surface area contributed by atoms with Gasteiger partial charge in [0, 0.05) is 43.2 Å². The molecule has 0 bridgehead atoms. The average Bonchev–Trinajstić information content (AvgIpc) is 3.18. The number of benzene rings is 2. The molecule has 39 heavy (non-hydrogen) atoms. The molecule has 0 radical (unpaired) electrons. The molecule has 5 rings (SSSR count). The Bertz CT molecular complexity index is 1330. The van der Waals surface area contributed by atoms with E-state index in [2.05, 4.69) is 5.32 Å². The van der Waals surface area contributed by atoms with Crippen LogP contribution >= 0.6 is 0 Å². The predicted octanol–water partition coefficient (Wildman–Crippen LogP) is 6.25. The number of amides is 1. The van der Waals surface area contributed by atoms with Gasteiger partial charge in [-0.3, -0.25) is 15.6 Å². The fourth-order valence-electron chi connectivity index (χ4n) is 5.88. The standard InChI is InChI=1S/C28H30F5N5O/c1-16(36-19-6-4-7-19)17-9-21-22(23(10-17)28(31,32)33)12-38(24(21)39)20-8-3-5-18(11-20)26(13-27(29,30)14-26)25(35)37(2)15-34/h3,5,8-11,15-16,19,34-36H,4,6-7,12-14H2,1-2H3. The first-order valence-corrected chi connectivity index (χ1v) is 12.9. The normalized spacial score (nSPS) is 20.6. The smallest absolute Gasteiger partial charge is 0.324 e. The third-order valence-electron chi connectivity index (χ3n) is 8.29. The first kappa shape index (κ1) is 27.2. The summed E-state index contributed by atoms with van der Waals surface area (Å²) in [5, 5.41) is 19.3. The Balaban J connectivity index is 1.50. The zero-order chi connectivity index (χ0) is 28.3. The number of nitrogens with one attached hydrogen (secondary N) is 3. The second-order valence-electron chi connectivity index (χ2n) is 10.9. The van der Waals surface area contributed by atoms with E-state index in [1.807, 2.05) is 0 Å². The van der Waals surface area contributed by atoms with Gasteiger partial charge in [0.2, 0.25) is 0 Å². The zero-order valence-electron chi connectivity index (χ0n) is 21.6. The Morgan fingerprint density at radius 3 is 2.46 bits per heavy atom. The fraction of sp³-hybridized carbons (Fsp3) is 0.464. The Kier molecular flexibility index (Phi) is 6.56. The van der Waals surface area contributed by atoms with Crippen molar-refractivity contribution in [1.29, 1.82) is 10.8 Å². The first-order chi connectivity index (χ1) is 18.3. The van der Waals surface area contributed by atoms with Crippen molar-refractivity contribution >= 4 is 23.8 Å². The van der Waals surface area contributed by atoms with E-state index in [9.17, 15) is 26.7 Å². The molecule has 0 saturated heterocycles. The molecule has 1 heterocycles. The Hall–Kier alpha value is -3.34. The van der Waals surface area contributed by atoms with E-state index >= 15 is 0 Å². The predicted molar refractivity (Wildman–Crippen MR) is 138 cm³/mol. The lowest BCUT2D eigenvalue weighted by Crippen LogP contribution is -2.58. The molecule has 3 N–H and O–H groups in total. The lowest BCUT2D eigenvalue weighted by Gasteiger charge is -2.49. The van der Waals surface area contributed by atoms with Crippen LogP contribution in [-0.2, 0) is 18.1 Å². The quantitative estimate of drug-likeness (QED) is 0.218. The maximum Gasteiger partial charge on any atom is 0.416 e. The molecule has 1 unspecified atom stereocenters. The molecule has 11 heteroatoms. The minimum atomic E-state index is -4.66. The lowest BCUT2D eigenvalue weighted by molar-refractivity contribution is -0.138. The van der Waals surface area contributed by atoms with Gasteiger partial charge < -0.3 is 15.1 Å². The number of carbonyl (C=O) groups is 1. The maximum absolute atomic E-state index is 14.2. The van der Waals surface area contributed by atoms with Crippen LogP contribution in [0.25, 0.3) is 0 Å².